The first-order valence-corrected chi connectivity index (χ1v) is 20.1. The second-order valence-corrected chi connectivity index (χ2v) is 17.7. The molecule has 0 unspecified atom stereocenters. The Kier molecular flexibility index (Phi) is 9.51. The summed E-state index contributed by atoms with van der Waals surface area (Å²) < 4.78 is 36.2. The molecule has 12 heteroatoms. The van der Waals surface area contributed by atoms with E-state index in [-0.39, 0.29) is 42.9 Å². The van der Waals surface area contributed by atoms with Crippen molar-refractivity contribution >= 4 is 65.1 Å². The second-order valence-electron chi connectivity index (χ2n) is 13.8. The first-order valence-electron chi connectivity index (χ1n) is 16.9. The van der Waals surface area contributed by atoms with Crippen LogP contribution in [0, 0.1) is 17.3 Å². The van der Waals surface area contributed by atoms with Crippen molar-refractivity contribution in [2.75, 3.05) is 6.54 Å². The van der Waals surface area contributed by atoms with Crippen LogP contribution in [0.2, 0.25) is 0 Å². The van der Waals surface area contributed by atoms with Gasteiger partial charge in [0.25, 0.3) is 5.19 Å². The summed E-state index contributed by atoms with van der Waals surface area (Å²) in [5.74, 6) is -1.45. The molecule has 3 heterocycles. The molecule has 7 rings (SSSR count). The van der Waals surface area contributed by atoms with Gasteiger partial charge >= 0.3 is 0 Å². The summed E-state index contributed by atoms with van der Waals surface area (Å²) in [6, 6.07) is 15.0. The van der Waals surface area contributed by atoms with Gasteiger partial charge in [-0.3, -0.25) is 19.1 Å². The Bertz CT molecular complexity index is 1840. The van der Waals surface area contributed by atoms with Gasteiger partial charge in [-0.2, -0.15) is 0 Å². The Morgan fingerprint density at radius 1 is 1.08 bits per heavy atom. The van der Waals surface area contributed by atoms with Crippen molar-refractivity contribution in [3.8, 4) is 5.19 Å². The monoisotopic (exact) mass is 753 g/mol. The minimum absolute atomic E-state index is 0.0771. The zero-order valence-electron chi connectivity index (χ0n) is 26.7. The largest absolute Gasteiger partial charge is 0.465 e. The van der Waals surface area contributed by atoms with Crippen LogP contribution in [0.15, 0.2) is 65.2 Å². The molecule has 2 aromatic carbocycles. The van der Waals surface area contributed by atoms with Crippen molar-refractivity contribution in [2.24, 2.45) is 17.3 Å². The maximum atomic E-state index is 14.5. The van der Waals surface area contributed by atoms with Gasteiger partial charge in [0, 0.05) is 23.2 Å². The molecule has 2 aliphatic heterocycles. The van der Waals surface area contributed by atoms with Gasteiger partial charge < -0.3 is 9.64 Å². The zero-order chi connectivity index (χ0) is 33.5. The number of aromatic nitrogens is 1. The Labute approximate surface area is 293 Å². The number of ketones is 1. The Balaban J connectivity index is 1.18. The van der Waals surface area contributed by atoms with Crippen LogP contribution in [0.3, 0.4) is 0 Å². The van der Waals surface area contributed by atoms with Gasteiger partial charge in [0.2, 0.25) is 21.8 Å². The number of allylic oxidation sites excluding steroid dienone is 2. The fourth-order valence-electron chi connectivity index (χ4n) is 7.29. The van der Waals surface area contributed by atoms with Gasteiger partial charge in [0.05, 0.1) is 33.5 Å². The van der Waals surface area contributed by atoms with E-state index in [9.17, 15) is 22.8 Å². The van der Waals surface area contributed by atoms with Crippen LogP contribution >= 0.6 is 27.3 Å². The number of benzene rings is 2. The van der Waals surface area contributed by atoms with Crippen molar-refractivity contribution < 1.29 is 27.5 Å². The first kappa shape index (κ1) is 33.4. The summed E-state index contributed by atoms with van der Waals surface area (Å²) in [7, 11) is -3.78. The number of carbonyl (C=O) groups is 3. The number of sulfonamides is 1. The Morgan fingerprint density at radius 2 is 1.90 bits per heavy atom. The maximum Gasteiger partial charge on any atom is 0.274 e. The lowest BCUT2D eigenvalue weighted by Gasteiger charge is -2.29. The predicted molar refractivity (Wildman–Crippen MR) is 188 cm³/mol. The van der Waals surface area contributed by atoms with E-state index < -0.39 is 38.7 Å². The molecule has 2 amide bonds. The fourth-order valence-corrected chi connectivity index (χ4v) is 10.1. The van der Waals surface area contributed by atoms with E-state index in [1.54, 1.807) is 4.90 Å². The molecule has 0 spiro atoms. The number of fused-ring (bicyclic) bond motifs is 3. The molecular formula is C36H40BrN3O6S2. The van der Waals surface area contributed by atoms with E-state index in [0.29, 0.717) is 37.3 Å². The number of thiazole rings is 1. The quantitative estimate of drug-likeness (QED) is 0.279. The normalized spacial score (nSPS) is 29.0. The lowest BCUT2D eigenvalue weighted by atomic mass is 9.90. The van der Waals surface area contributed by atoms with E-state index in [1.807, 2.05) is 54.6 Å². The SMILES string of the molecule is O=C1C[C@]2(C(=O)NS(=O)(=O)C3CC3)C[C@H]2/C=C\CCCCC[C@H](Cc2ccccc2)C(=O)N2C[C@H](Oc3nc4ccc(Br)cc4s3)C[C@@H]12. The molecule has 1 aromatic heterocycles. The highest BCUT2D eigenvalue weighted by molar-refractivity contribution is 9.10. The van der Waals surface area contributed by atoms with Crippen LogP contribution in [-0.4, -0.2) is 59.8 Å². The van der Waals surface area contributed by atoms with Crippen molar-refractivity contribution in [3.63, 3.8) is 0 Å². The number of hydrogen-bond acceptors (Lipinski definition) is 8. The summed E-state index contributed by atoms with van der Waals surface area (Å²) in [6.07, 6.45) is 10.1. The first-order chi connectivity index (χ1) is 23.1. The van der Waals surface area contributed by atoms with Crippen molar-refractivity contribution in [1.29, 1.82) is 0 Å². The third-order valence-electron chi connectivity index (χ3n) is 10.3. The molecule has 1 saturated heterocycles. The van der Waals surface area contributed by atoms with Gasteiger partial charge in [-0.25, -0.2) is 13.4 Å². The number of ether oxygens (including phenoxy) is 1. The van der Waals surface area contributed by atoms with Crippen LogP contribution in [0.25, 0.3) is 10.2 Å². The van der Waals surface area contributed by atoms with Gasteiger partial charge in [-0.15, -0.1) is 0 Å². The summed E-state index contributed by atoms with van der Waals surface area (Å²) in [5.41, 5.74) is 0.733. The van der Waals surface area contributed by atoms with Gasteiger partial charge in [0.15, 0.2) is 5.78 Å². The molecule has 2 aliphatic carbocycles. The average molecular weight is 755 g/mol. The van der Waals surface area contributed by atoms with Crippen LogP contribution in [0.1, 0.15) is 69.8 Å². The molecule has 9 nitrogen and oxygen atoms in total. The topological polar surface area (TPSA) is 123 Å². The molecule has 3 fully saturated rings. The Hall–Kier alpha value is -3.09. The zero-order valence-corrected chi connectivity index (χ0v) is 29.9. The fraction of sp³-hybridized carbons (Fsp3) is 0.500. The van der Waals surface area contributed by atoms with Gasteiger partial charge in [0.1, 0.15) is 6.10 Å². The summed E-state index contributed by atoms with van der Waals surface area (Å²) in [4.78, 5) is 48.9. The third-order valence-corrected chi connectivity index (χ3v) is 13.5. The van der Waals surface area contributed by atoms with Crippen molar-refractivity contribution in [2.45, 2.75) is 88.0 Å². The molecule has 48 heavy (non-hydrogen) atoms. The van der Waals surface area contributed by atoms with Crippen LogP contribution in [-0.2, 0) is 30.8 Å². The molecule has 1 N–H and O–H groups in total. The van der Waals surface area contributed by atoms with E-state index in [4.69, 9.17) is 4.74 Å². The molecule has 0 radical (unpaired) electrons. The minimum Gasteiger partial charge on any atom is -0.465 e. The van der Waals surface area contributed by atoms with Crippen LogP contribution in [0.4, 0.5) is 0 Å². The average Bonchev–Trinajstić information content (AvgIpc) is 3.95. The van der Waals surface area contributed by atoms with Crippen molar-refractivity contribution in [3.05, 3.63) is 70.7 Å². The molecule has 2 saturated carbocycles. The molecular weight excluding hydrogens is 714 g/mol. The summed E-state index contributed by atoms with van der Waals surface area (Å²) >= 11 is 4.92. The van der Waals surface area contributed by atoms with Gasteiger partial charge in [-0.05, 0) is 74.6 Å². The summed E-state index contributed by atoms with van der Waals surface area (Å²) in [6.45, 7) is 0.235. The predicted octanol–water partition coefficient (Wildman–Crippen LogP) is 6.36. The Morgan fingerprint density at radius 3 is 2.69 bits per heavy atom. The number of amides is 2. The lowest BCUT2D eigenvalue weighted by molar-refractivity contribution is -0.142. The number of rotatable bonds is 7. The van der Waals surface area contributed by atoms with Gasteiger partial charge in [-0.1, -0.05) is 82.6 Å². The molecule has 0 bridgehead atoms. The maximum absolute atomic E-state index is 14.5. The number of hydrogen-bond donors (Lipinski definition) is 1. The smallest absolute Gasteiger partial charge is 0.274 e. The van der Waals surface area contributed by atoms with Crippen molar-refractivity contribution in [1.82, 2.24) is 14.6 Å². The standard InChI is InChI=1S/C36H40BrN3O6S2/c37-26-13-16-29-32(18-26)47-35(38-29)46-27-19-30-31(41)21-36(34(43)39-48(44,45)28-14-15-28)20-25(36)12-8-3-1-2-7-11-24(33(42)40(30)22-27)17-23-9-5-4-6-10-23/h4-6,8-10,12-13,16,18,24-25,27-28,30H,1-3,7,11,14-15,17,19-22H2,(H,39,43)/b12-8-/t24-,25-,27-,30+,36-/m1/s1. The van der Waals surface area contributed by atoms with Crippen LogP contribution < -0.4 is 9.46 Å². The number of carbonyl (C=O) groups excluding carboxylic acids is 3. The molecule has 4 aliphatic rings. The number of nitrogens with zero attached hydrogens (tertiary/aromatic N) is 2. The highest BCUT2D eigenvalue weighted by atomic mass is 79.9. The molecule has 3 aromatic rings. The number of halogens is 1. The molecule has 5 atom stereocenters. The highest BCUT2D eigenvalue weighted by Gasteiger charge is 2.61. The van der Waals surface area contributed by atoms with E-state index >= 15 is 0 Å². The molecule has 254 valence electrons. The van der Waals surface area contributed by atoms with Crippen LogP contribution in [0.5, 0.6) is 5.19 Å². The third kappa shape index (κ3) is 7.26. The minimum atomic E-state index is -3.78. The summed E-state index contributed by atoms with van der Waals surface area (Å²) in [5, 5.41) is -0.0697. The highest BCUT2D eigenvalue weighted by Crippen LogP contribution is 2.57. The van der Waals surface area contributed by atoms with E-state index in [0.717, 1.165) is 45.9 Å². The number of nitrogens with one attached hydrogen (secondary N) is 1. The van der Waals surface area contributed by atoms with E-state index in [1.165, 1.54) is 11.3 Å². The van der Waals surface area contributed by atoms with E-state index in [2.05, 4.69) is 31.7 Å². The number of Topliss-reactive ketones (excluding diaryl/α,β-unsaturated/α-hetero) is 1. The second kappa shape index (κ2) is 13.7. The lowest BCUT2D eigenvalue weighted by Crippen LogP contribution is -2.46.